The molecule has 0 aliphatic heterocycles. The summed E-state index contributed by atoms with van der Waals surface area (Å²) >= 11 is 0. The second-order valence-corrected chi connectivity index (χ2v) is 7.21. The van der Waals surface area contributed by atoms with Crippen LogP contribution >= 0.6 is 0 Å². The molecule has 150 valence electrons. The Balaban J connectivity index is 1.84. The summed E-state index contributed by atoms with van der Waals surface area (Å²) in [6.07, 6.45) is 6.96. The molecule has 0 bridgehead atoms. The van der Waals surface area contributed by atoms with Gasteiger partial charge in [-0.1, -0.05) is 25.1 Å². The molecule has 1 aromatic carbocycles. The Bertz CT molecular complexity index is 954. The van der Waals surface area contributed by atoms with Gasteiger partial charge in [0.25, 0.3) is 0 Å². The molecule has 0 saturated heterocycles. The number of nitrogens with zero attached hydrogens (tertiary/aromatic N) is 2. The highest BCUT2D eigenvalue weighted by Crippen LogP contribution is 2.24. The third kappa shape index (κ3) is 4.18. The molecule has 0 fully saturated rings. The molecule has 2 N–H and O–H groups in total. The molecule has 1 aliphatic rings. The van der Waals surface area contributed by atoms with Crippen LogP contribution in [-0.2, 0) is 16.1 Å². The molecule has 1 aromatic heterocycles. The van der Waals surface area contributed by atoms with E-state index >= 15 is 0 Å². The van der Waals surface area contributed by atoms with Gasteiger partial charge in [0.15, 0.2) is 0 Å². The van der Waals surface area contributed by atoms with Crippen LogP contribution in [0.3, 0.4) is 0 Å². The number of carbonyl (C=O) groups is 2. The zero-order valence-corrected chi connectivity index (χ0v) is 16.5. The van der Waals surface area contributed by atoms with E-state index in [-0.39, 0.29) is 24.0 Å². The van der Waals surface area contributed by atoms with E-state index in [0.717, 1.165) is 48.8 Å². The van der Waals surface area contributed by atoms with E-state index in [0.29, 0.717) is 6.54 Å². The summed E-state index contributed by atoms with van der Waals surface area (Å²) < 4.78 is 3.20. The normalized spacial score (nSPS) is 15.1. The summed E-state index contributed by atoms with van der Waals surface area (Å²) in [6.45, 7) is 4.06. The second kappa shape index (κ2) is 8.91. The van der Waals surface area contributed by atoms with E-state index in [2.05, 4.69) is 16.7 Å². The lowest BCUT2D eigenvalue weighted by molar-refractivity contribution is -0.128. The molecular formula is C21H28N4O3. The number of hydrogen-bond donors (Lipinski definition) is 2. The first kappa shape index (κ1) is 19.9. The summed E-state index contributed by atoms with van der Waals surface area (Å²) in [5, 5.41) is 5.44. The smallest absolute Gasteiger partial charge is 0.333 e. The van der Waals surface area contributed by atoms with Gasteiger partial charge in [-0.25, -0.2) is 4.79 Å². The fourth-order valence-corrected chi connectivity index (χ4v) is 3.56. The molecule has 7 heteroatoms. The van der Waals surface area contributed by atoms with Gasteiger partial charge in [-0.3, -0.25) is 18.7 Å². The molecule has 0 spiro atoms. The molecule has 1 heterocycles. The second-order valence-electron chi connectivity index (χ2n) is 7.21. The number of carbonyl (C=O) groups excluding carboxylic acids is 2. The molecule has 28 heavy (non-hydrogen) atoms. The number of allylic oxidation sites excluding steroid dienone is 2. The molecule has 0 saturated carbocycles. The minimum absolute atomic E-state index is 0.120. The van der Waals surface area contributed by atoms with Crippen LogP contribution in [0.4, 0.5) is 0 Å². The molecule has 1 atom stereocenters. The van der Waals surface area contributed by atoms with Gasteiger partial charge < -0.3 is 10.6 Å². The predicted molar refractivity (Wildman–Crippen MR) is 110 cm³/mol. The summed E-state index contributed by atoms with van der Waals surface area (Å²) in [6, 6.07) is 6.86. The van der Waals surface area contributed by atoms with Gasteiger partial charge in [0.05, 0.1) is 11.0 Å². The van der Waals surface area contributed by atoms with E-state index in [1.165, 1.54) is 4.57 Å². The molecule has 0 radical (unpaired) electrons. The number of amides is 2. The molecule has 0 unspecified atom stereocenters. The van der Waals surface area contributed by atoms with E-state index in [4.69, 9.17) is 0 Å². The van der Waals surface area contributed by atoms with Crippen molar-refractivity contribution < 1.29 is 9.59 Å². The van der Waals surface area contributed by atoms with Crippen LogP contribution in [0.25, 0.3) is 16.7 Å². The topological polar surface area (TPSA) is 85.1 Å². The number of nitrogens with one attached hydrogen (secondary N) is 2. The van der Waals surface area contributed by atoms with Crippen molar-refractivity contribution in [3.8, 4) is 0 Å². The van der Waals surface area contributed by atoms with Crippen molar-refractivity contribution in [2.24, 2.45) is 0 Å². The summed E-state index contributed by atoms with van der Waals surface area (Å²) in [4.78, 5) is 37.6. The summed E-state index contributed by atoms with van der Waals surface area (Å²) in [7, 11) is 0. The highest BCUT2D eigenvalue weighted by Gasteiger charge is 2.20. The molecule has 1 aliphatic carbocycles. The summed E-state index contributed by atoms with van der Waals surface area (Å²) in [5.74, 6) is -0.584. The molecule has 7 nitrogen and oxygen atoms in total. The maximum atomic E-state index is 13.1. The van der Waals surface area contributed by atoms with Gasteiger partial charge in [0, 0.05) is 12.2 Å². The zero-order valence-electron chi connectivity index (χ0n) is 16.5. The predicted octanol–water partition coefficient (Wildman–Crippen LogP) is 2.25. The molecule has 2 aromatic rings. The van der Waals surface area contributed by atoms with Crippen LogP contribution in [0, 0.1) is 0 Å². The fraction of sp³-hybridized carbons (Fsp3) is 0.476. The van der Waals surface area contributed by atoms with Gasteiger partial charge in [0.2, 0.25) is 11.8 Å². The van der Waals surface area contributed by atoms with Crippen molar-refractivity contribution in [2.45, 2.75) is 58.5 Å². The Morgan fingerprint density at radius 2 is 1.93 bits per heavy atom. The third-order valence-corrected chi connectivity index (χ3v) is 5.01. The van der Waals surface area contributed by atoms with E-state index in [9.17, 15) is 14.4 Å². The maximum Gasteiger partial charge on any atom is 0.333 e. The molecular weight excluding hydrogens is 356 g/mol. The minimum atomic E-state index is -0.649. The van der Waals surface area contributed by atoms with Crippen molar-refractivity contribution in [2.75, 3.05) is 6.54 Å². The number of hydrogen-bond acceptors (Lipinski definition) is 3. The Kier molecular flexibility index (Phi) is 6.34. The lowest BCUT2D eigenvalue weighted by Crippen LogP contribution is -2.46. The van der Waals surface area contributed by atoms with E-state index < -0.39 is 6.04 Å². The standard InChI is InChI=1S/C21H28N4O3/c1-3-13-22-20(27)15(2)23-19(26)14-24-17-11-7-8-12-18(17)25(21(24)28)16-9-5-4-6-10-16/h7-9,11-12,15H,3-6,10,13-14H2,1-2H3,(H,22,27)(H,23,26)/t15-/m1/s1. The first-order valence-electron chi connectivity index (χ1n) is 9.99. The number of fused-ring (bicyclic) bond motifs is 1. The Labute approximate surface area is 164 Å². The third-order valence-electron chi connectivity index (χ3n) is 5.01. The molecule has 3 rings (SSSR count). The number of benzene rings is 1. The van der Waals surface area contributed by atoms with E-state index in [1.54, 1.807) is 11.5 Å². The monoisotopic (exact) mass is 384 g/mol. The Morgan fingerprint density at radius 1 is 1.18 bits per heavy atom. The fourth-order valence-electron chi connectivity index (χ4n) is 3.56. The van der Waals surface area contributed by atoms with Gasteiger partial charge in [0.1, 0.15) is 12.6 Å². The average molecular weight is 384 g/mol. The Morgan fingerprint density at radius 3 is 2.61 bits per heavy atom. The van der Waals surface area contributed by atoms with Crippen LogP contribution in [0.1, 0.15) is 46.0 Å². The number of imidazole rings is 1. The largest absolute Gasteiger partial charge is 0.354 e. The first-order valence-corrected chi connectivity index (χ1v) is 9.99. The van der Waals surface area contributed by atoms with Gasteiger partial charge in [-0.05, 0) is 51.2 Å². The van der Waals surface area contributed by atoms with Crippen LogP contribution < -0.4 is 16.3 Å². The minimum Gasteiger partial charge on any atom is -0.354 e. The van der Waals surface area contributed by atoms with Crippen molar-refractivity contribution in [3.05, 3.63) is 40.8 Å². The summed E-state index contributed by atoms with van der Waals surface area (Å²) in [5.41, 5.74) is 2.31. The van der Waals surface area contributed by atoms with Crippen molar-refractivity contribution >= 4 is 28.5 Å². The van der Waals surface area contributed by atoms with Gasteiger partial charge in [-0.2, -0.15) is 0 Å². The van der Waals surface area contributed by atoms with Gasteiger partial charge in [-0.15, -0.1) is 0 Å². The Hall–Kier alpha value is -2.83. The average Bonchev–Trinajstić information content (AvgIpc) is 2.98. The maximum absolute atomic E-state index is 13.1. The van der Waals surface area contributed by atoms with Crippen LogP contribution in [0.5, 0.6) is 0 Å². The molecule has 2 amide bonds. The number of aromatic nitrogens is 2. The number of rotatable bonds is 7. The zero-order chi connectivity index (χ0) is 20.1. The van der Waals surface area contributed by atoms with Crippen LogP contribution in [0.15, 0.2) is 35.1 Å². The SMILES string of the molecule is CCCNC(=O)[C@@H](C)NC(=O)Cn1c(=O)n(C2=CCCCC2)c2ccccc21. The van der Waals surface area contributed by atoms with E-state index in [1.807, 2.05) is 31.2 Å². The quantitative estimate of drug-likeness (QED) is 0.768. The van der Waals surface area contributed by atoms with Crippen LogP contribution in [0.2, 0.25) is 0 Å². The van der Waals surface area contributed by atoms with Crippen molar-refractivity contribution in [3.63, 3.8) is 0 Å². The lowest BCUT2D eigenvalue weighted by atomic mass is 10.0. The highest BCUT2D eigenvalue weighted by molar-refractivity contribution is 5.88. The highest BCUT2D eigenvalue weighted by atomic mass is 16.2. The van der Waals surface area contributed by atoms with Crippen LogP contribution in [-0.4, -0.2) is 33.5 Å². The first-order chi connectivity index (χ1) is 13.5. The van der Waals surface area contributed by atoms with Crippen molar-refractivity contribution in [1.82, 2.24) is 19.8 Å². The number of para-hydroxylation sites is 2. The lowest BCUT2D eigenvalue weighted by Gasteiger charge is -2.14. The van der Waals surface area contributed by atoms with Crippen molar-refractivity contribution in [1.29, 1.82) is 0 Å². The van der Waals surface area contributed by atoms with Gasteiger partial charge >= 0.3 is 5.69 Å².